The molecule has 8 heteroatoms. The number of alkyl carbamates (subject to hydrolysis) is 1. The normalized spacial score (nSPS) is 12.4. The number of carbonyl (C=O) groups is 3. The lowest BCUT2D eigenvalue weighted by Gasteiger charge is -2.35. The number of amides is 3. The summed E-state index contributed by atoms with van der Waals surface area (Å²) >= 11 is 0. The summed E-state index contributed by atoms with van der Waals surface area (Å²) in [6, 6.07) is 16.9. The molecule has 8 nitrogen and oxygen atoms in total. The highest BCUT2D eigenvalue weighted by Gasteiger charge is 2.37. The molecule has 0 aliphatic rings. The number of nitrogens with one attached hydrogen (secondary N) is 2. The van der Waals surface area contributed by atoms with E-state index in [0.29, 0.717) is 28.8 Å². The number of phenols is 1. The van der Waals surface area contributed by atoms with Crippen LogP contribution in [0, 0.1) is 26.2 Å². The Balaban J connectivity index is 2.11. The molecule has 3 N–H and O–H groups in total. The Morgan fingerprint density at radius 3 is 2.19 bits per heavy atom. The van der Waals surface area contributed by atoms with E-state index >= 15 is 0 Å². The fraction of sp³-hybridized carbons (Fsp3) is 0.343. The lowest BCUT2D eigenvalue weighted by atomic mass is 9.96. The van der Waals surface area contributed by atoms with Crippen LogP contribution < -0.4 is 10.6 Å². The van der Waals surface area contributed by atoms with Gasteiger partial charge in [-0.2, -0.15) is 0 Å². The molecule has 3 rings (SSSR count). The number of aryl methyl sites for hydroxylation is 2. The molecule has 0 aromatic heterocycles. The summed E-state index contributed by atoms with van der Waals surface area (Å²) in [5, 5.41) is 15.6. The molecule has 0 bridgehead atoms. The molecule has 0 radical (unpaired) electrons. The zero-order chi connectivity index (χ0) is 31.7. The third-order valence-electron chi connectivity index (χ3n) is 6.81. The van der Waals surface area contributed by atoms with Crippen molar-refractivity contribution in [3.63, 3.8) is 0 Å². The van der Waals surface area contributed by atoms with Crippen molar-refractivity contribution in [3.8, 4) is 18.1 Å². The minimum absolute atomic E-state index is 0.0773. The van der Waals surface area contributed by atoms with E-state index in [1.165, 1.54) is 17.0 Å². The molecule has 3 amide bonds. The Bertz CT molecular complexity index is 1460. The van der Waals surface area contributed by atoms with Crippen molar-refractivity contribution in [1.29, 1.82) is 0 Å². The first-order valence-corrected chi connectivity index (χ1v) is 14.3. The van der Waals surface area contributed by atoms with E-state index in [1.807, 2.05) is 39.0 Å². The van der Waals surface area contributed by atoms with Crippen molar-refractivity contribution in [3.05, 3.63) is 94.5 Å². The van der Waals surface area contributed by atoms with Crippen LogP contribution in [-0.2, 0) is 20.7 Å². The molecular formula is C35H41N3O5. The van der Waals surface area contributed by atoms with Crippen LogP contribution in [-0.4, -0.2) is 46.1 Å². The van der Waals surface area contributed by atoms with E-state index in [4.69, 9.17) is 11.2 Å². The predicted molar refractivity (Wildman–Crippen MR) is 169 cm³/mol. The fourth-order valence-electron chi connectivity index (χ4n) is 4.85. The van der Waals surface area contributed by atoms with Gasteiger partial charge in [0.25, 0.3) is 5.91 Å². The summed E-state index contributed by atoms with van der Waals surface area (Å²) in [4.78, 5) is 43.1. The van der Waals surface area contributed by atoms with E-state index in [0.717, 1.165) is 11.1 Å². The minimum atomic E-state index is -1.10. The monoisotopic (exact) mass is 583 g/mol. The Morgan fingerprint density at radius 2 is 1.60 bits per heavy atom. The third-order valence-corrected chi connectivity index (χ3v) is 6.81. The van der Waals surface area contributed by atoms with Crippen molar-refractivity contribution >= 4 is 23.6 Å². The number of benzene rings is 3. The van der Waals surface area contributed by atoms with Crippen molar-refractivity contribution in [2.24, 2.45) is 0 Å². The van der Waals surface area contributed by atoms with E-state index in [9.17, 15) is 19.5 Å². The third kappa shape index (κ3) is 8.86. The maximum atomic E-state index is 14.5. The van der Waals surface area contributed by atoms with Crippen molar-refractivity contribution < 1.29 is 24.2 Å². The molecule has 0 saturated heterocycles. The number of nitrogens with zero attached hydrogens (tertiary/aromatic N) is 1. The average molecular weight is 584 g/mol. The van der Waals surface area contributed by atoms with Gasteiger partial charge in [-0.25, -0.2) is 4.79 Å². The first kappa shape index (κ1) is 32.7. The Labute approximate surface area is 254 Å². The molecule has 0 aliphatic carbocycles. The van der Waals surface area contributed by atoms with E-state index in [-0.39, 0.29) is 18.7 Å². The van der Waals surface area contributed by atoms with Crippen LogP contribution in [0.3, 0.4) is 0 Å². The number of hydrogen-bond acceptors (Lipinski definition) is 5. The maximum Gasteiger partial charge on any atom is 0.408 e. The van der Waals surface area contributed by atoms with E-state index in [2.05, 4.69) is 16.6 Å². The molecule has 2 unspecified atom stereocenters. The molecule has 3 aromatic carbocycles. The molecular weight excluding hydrogens is 542 g/mol. The lowest BCUT2D eigenvalue weighted by molar-refractivity contribution is -0.140. The molecule has 0 heterocycles. The molecule has 0 fully saturated rings. The largest absolute Gasteiger partial charge is 0.508 e. The number of hydrogen-bond donors (Lipinski definition) is 3. The lowest BCUT2D eigenvalue weighted by Crippen LogP contribution is -2.53. The van der Waals surface area contributed by atoms with E-state index < -0.39 is 35.6 Å². The molecule has 3 aromatic rings. The Morgan fingerprint density at radius 1 is 0.977 bits per heavy atom. The van der Waals surface area contributed by atoms with Crippen LogP contribution in [0.15, 0.2) is 66.7 Å². The van der Waals surface area contributed by atoms with Gasteiger partial charge in [0, 0.05) is 24.2 Å². The number of ether oxygens (including phenoxy) is 1. The van der Waals surface area contributed by atoms with Gasteiger partial charge in [0.2, 0.25) is 5.91 Å². The molecule has 43 heavy (non-hydrogen) atoms. The Kier molecular flexibility index (Phi) is 11.0. The van der Waals surface area contributed by atoms with Crippen LogP contribution in [0.5, 0.6) is 5.75 Å². The van der Waals surface area contributed by atoms with Crippen molar-refractivity contribution in [1.82, 2.24) is 10.2 Å². The molecule has 0 spiro atoms. The number of rotatable bonds is 10. The molecule has 0 aliphatic heterocycles. The van der Waals surface area contributed by atoms with Crippen LogP contribution in [0.25, 0.3) is 0 Å². The van der Waals surface area contributed by atoms with Gasteiger partial charge in [-0.15, -0.1) is 6.42 Å². The molecule has 2 atom stereocenters. The van der Waals surface area contributed by atoms with Crippen LogP contribution in [0.4, 0.5) is 10.5 Å². The number of terminal acetylenes is 1. The SMILES string of the molecule is C#Cc1ccccc1C(C(=O)Nc1c(C)cccc1C)N(CCC)C(=O)C(Cc1ccc(O)cc1)NC(=O)OC(C)(C)C. The summed E-state index contributed by atoms with van der Waals surface area (Å²) in [5.74, 6) is 1.83. The zero-order valence-electron chi connectivity index (χ0n) is 25.7. The first-order valence-electron chi connectivity index (χ1n) is 14.3. The van der Waals surface area contributed by atoms with Gasteiger partial charge in [0.05, 0.1) is 0 Å². The molecule has 0 saturated carbocycles. The highest BCUT2D eigenvalue weighted by Crippen LogP contribution is 2.29. The molecule has 226 valence electrons. The number of phenolic OH excluding ortho intramolecular Hbond substituents is 1. The van der Waals surface area contributed by atoms with Gasteiger partial charge in [0.1, 0.15) is 23.4 Å². The summed E-state index contributed by atoms with van der Waals surface area (Å²) in [6.07, 6.45) is 5.73. The highest BCUT2D eigenvalue weighted by molar-refractivity contribution is 6.00. The van der Waals surface area contributed by atoms with E-state index in [1.54, 1.807) is 57.2 Å². The fourth-order valence-corrected chi connectivity index (χ4v) is 4.85. The van der Waals surface area contributed by atoms with Gasteiger partial charge in [-0.05, 0) is 81.5 Å². The smallest absolute Gasteiger partial charge is 0.408 e. The summed E-state index contributed by atoms with van der Waals surface area (Å²) in [6.45, 7) is 11.1. The number of carbonyl (C=O) groups excluding carboxylic acids is 3. The number of aromatic hydroxyl groups is 1. The second kappa shape index (κ2) is 14.4. The highest BCUT2D eigenvalue weighted by atomic mass is 16.6. The number of anilines is 1. The predicted octanol–water partition coefficient (Wildman–Crippen LogP) is 6.04. The second-order valence-electron chi connectivity index (χ2n) is 11.5. The van der Waals surface area contributed by atoms with Gasteiger partial charge >= 0.3 is 6.09 Å². The number of para-hydroxylation sites is 1. The van der Waals surface area contributed by atoms with Crippen LogP contribution >= 0.6 is 0 Å². The van der Waals surface area contributed by atoms with Crippen LogP contribution in [0.1, 0.15) is 68.0 Å². The zero-order valence-corrected chi connectivity index (χ0v) is 25.7. The minimum Gasteiger partial charge on any atom is -0.508 e. The summed E-state index contributed by atoms with van der Waals surface area (Å²) in [7, 11) is 0. The summed E-state index contributed by atoms with van der Waals surface area (Å²) in [5.41, 5.74) is 3.30. The van der Waals surface area contributed by atoms with Crippen LogP contribution in [0.2, 0.25) is 0 Å². The Hall–Kier alpha value is -4.77. The first-order chi connectivity index (χ1) is 20.3. The summed E-state index contributed by atoms with van der Waals surface area (Å²) < 4.78 is 5.48. The topological polar surface area (TPSA) is 108 Å². The van der Waals surface area contributed by atoms with Gasteiger partial charge in [-0.1, -0.05) is 61.4 Å². The average Bonchev–Trinajstić information content (AvgIpc) is 2.94. The van der Waals surface area contributed by atoms with Crippen molar-refractivity contribution in [2.75, 3.05) is 11.9 Å². The second-order valence-corrected chi connectivity index (χ2v) is 11.5. The van der Waals surface area contributed by atoms with Gasteiger partial charge in [0.15, 0.2) is 0 Å². The van der Waals surface area contributed by atoms with Crippen molar-refractivity contribution in [2.45, 2.75) is 72.1 Å². The van der Waals surface area contributed by atoms with Gasteiger partial charge < -0.3 is 25.4 Å². The van der Waals surface area contributed by atoms with Gasteiger partial charge in [-0.3, -0.25) is 9.59 Å². The quantitative estimate of drug-likeness (QED) is 0.252. The standard InChI is InChI=1S/C35H41N3O5/c1-8-21-38(33(41)29(36-34(42)43-35(5,6)7)22-25-17-19-27(39)20-18-25)31(28-16-11-10-15-26(28)9-2)32(40)37-30-23(3)13-12-14-24(30)4/h2,10-20,29,31,39H,8,21-22H2,1,3-7H3,(H,36,42)(H,37,40). The maximum absolute atomic E-state index is 14.5.